The van der Waals surface area contributed by atoms with Crippen LogP contribution >= 0.6 is 0 Å². The molecule has 2 aliphatic heterocycles. The van der Waals surface area contributed by atoms with E-state index in [2.05, 4.69) is 10.6 Å². The first kappa shape index (κ1) is 16.1. The van der Waals surface area contributed by atoms with Gasteiger partial charge in [-0.15, -0.1) is 0 Å². The first-order chi connectivity index (χ1) is 12.2. The van der Waals surface area contributed by atoms with Gasteiger partial charge in [-0.1, -0.05) is 18.2 Å². The highest BCUT2D eigenvalue weighted by Gasteiger charge is 2.35. The molecule has 132 valence electrons. The zero-order valence-electron chi connectivity index (χ0n) is 14.0. The molecule has 0 aliphatic carbocycles. The third-order valence-electron chi connectivity index (χ3n) is 5.06. The molecule has 25 heavy (non-hydrogen) atoms. The van der Waals surface area contributed by atoms with Crippen molar-refractivity contribution in [2.45, 2.75) is 37.8 Å². The Labute approximate surface area is 145 Å². The van der Waals surface area contributed by atoms with Crippen LogP contribution in [0.1, 0.15) is 25.0 Å². The van der Waals surface area contributed by atoms with Gasteiger partial charge >= 0.3 is 0 Å². The zero-order chi connectivity index (χ0) is 17.2. The summed E-state index contributed by atoms with van der Waals surface area (Å²) in [6, 6.07) is 8.60. The van der Waals surface area contributed by atoms with Crippen molar-refractivity contribution in [2.75, 3.05) is 13.2 Å². The highest BCUT2D eigenvalue weighted by Crippen LogP contribution is 2.23. The van der Waals surface area contributed by atoms with Crippen molar-refractivity contribution in [1.29, 1.82) is 0 Å². The van der Waals surface area contributed by atoms with Crippen LogP contribution in [0.2, 0.25) is 0 Å². The molecule has 2 atom stereocenters. The Morgan fingerprint density at radius 1 is 1.00 bits per heavy atom. The predicted molar refractivity (Wildman–Crippen MR) is 91.9 cm³/mol. The Kier molecular flexibility index (Phi) is 4.44. The number of para-hydroxylation sites is 1. The molecule has 0 saturated carbocycles. The number of hydrogen-bond acceptors (Lipinski definition) is 4. The van der Waals surface area contributed by atoms with Crippen LogP contribution in [0.3, 0.4) is 0 Å². The molecule has 2 amide bonds. The summed E-state index contributed by atoms with van der Waals surface area (Å²) in [5.74, 6) is 0.880. The molecular weight excluding hydrogens is 320 g/mol. The number of carbonyl (C=O) groups is 2. The molecule has 3 heterocycles. The van der Waals surface area contributed by atoms with E-state index < -0.39 is 12.1 Å². The van der Waals surface area contributed by atoms with Crippen molar-refractivity contribution in [1.82, 2.24) is 10.6 Å². The fourth-order valence-electron chi connectivity index (χ4n) is 3.64. The summed E-state index contributed by atoms with van der Waals surface area (Å²) in [4.78, 5) is 24.8. The number of rotatable bonds is 4. The Balaban J connectivity index is 1.39. The summed E-state index contributed by atoms with van der Waals surface area (Å²) in [7, 11) is 0. The Hall–Kier alpha value is -2.34. The summed E-state index contributed by atoms with van der Waals surface area (Å²) in [6.45, 7) is 1.48. The zero-order valence-corrected chi connectivity index (χ0v) is 14.0. The third kappa shape index (κ3) is 3.54. The van der Waals surface area contributed by atoms with Crippen LogP contribution in [-0.4, -0.2) is 37.1 Å². The second-order valence-electron chi connectivity index (χ2n) is 6.87. The van der Waals surface area contributed by atoms with E-state index in [0.717, 1.165) is 37.0 Å². The number of fused-ring (bicyclic) bond motifs is 1. The van der Waals surface area contributed by atoms with E-state index in [0.29, 0.717) is 24.5 Å². The number of nitrogens with one attached hydrogen (secondary N) is 2. The summed E-state index contributed by atoms with van der Waals surface area (Å²) in [6.07, 6.45) is 2.93. The van der Waals surface area contributed by atoms with Crippen LogP contribution in [0.4, 0.5) is 0 Å². The highest BCUT2D eigenvalue weighted by molar-refractivity contribution is 5.97. The van der Waals surface area contributed by atoms with Crippen molar-refractivity contribution >= 4 is 22.8 Å². The maximum Gasteiger partial charge on any atom is 0.243 e. The van der Waals surface area contributed by atoms with Crippen molar-refractivity contribution in [2.24, 2.45) is 5.92 Å². The van der Waals surface area contributed by atoms with Gasteiger partial charge in [0.05, 0.1) is 0 Å². The number of ether oxygens (including phenoxy) is 1. The fourth-order valence-corrected chi connectivity index (χ4v) is 3.64. The Bertz CT molecular complexity index is 746. The monoisotopic (exact) mass is 342 g/mol. The van der Waals surface area contributed by atoms with E-state index >= 15 is 0 Å². The van der Waals surface area contributed by atoms with Gasteiger partial charge in [0.1, 0.15) is 23.4 Å². The smallest absolute Gasteiger partial charge is 0.243 e. The lowest BCUT2D eigenvalue weighted by atomic mass is 9.91. The van der Waals surface area contributed by atoms with Gasteiger partial charge < -0.3 is 19.8 Å². The van der Waals surface area contributed by atoms with Crippen LogP contribution < -0.4 is 10.6 Å². The maximum atomic E-state index is 12.4. The van der Waals surface area contributed by atoms with Crippen molar-refractivity contribution in [3.8, 4) is 0 Å². The molecule has 0 radical (unpaired) electrons. The van der Waals surface area contributed by atoms with Gasteiger partial charge in [-0.3, -0.25) is 9.59 Å². The molecule has 4 rings (SSSR count). The summed E-state index contributed by atoms with van der Waals surface area (Å²) in [5, 5.41) is 6.74. The molecule has 2 fully saturated rings. The van der Waals surface area contributed by atoms with Crippen molar-refractivity contribution < 1.29 is 18.7 Å². The van der Waals surface area contributed by atoms with Gasteiger partial charge in [0.2, 0.25) is 11.8 Å². The van der Waals surface area contributed by atoms with Gasteiger partial charge in [-0.05, 0) is 37.3 Å². The van der Waals surface area contributed by atoms with Crippen LogP contribution in [0.15, 0.2) is 34.7 Å². The summed E-state index contributed by atoms with van der Waals surface area (Å²) in [5.41, 5.74) is 0.789. The van der Waals surface area contributed by atoms with Gasteiger partial charge in [0, 0.05) is 25.0 Å². The second kappa shape index (κ2) is 6.88. The molecule has 2 saturated heterocycles. The quantitative estimate of drug-likeness (QED) is 0.887. The molecule has 2 aliphatic rings. The van der Waals surface area contributed by atoms with Crippen LogP contribution in [0, 0.1) is 5.92 Å². The molecular formula is C19H22N2O4. The number of amides is 2. The number of hydrogen-bond donors (Lipinski definition) is 2. The average molecular weight is 342 g/mol. The lowest BCUT2D eigenvalue weighted by Crippen LogP contribution is -2.62. The third-order valence-corrected chi connectivity index (χ3v) is 5.06. The normalized spacial score (nSPS) is 25.0. The molecule has 2 aromatic rings. The van der Waals surface area contributed by atoms with E-state index in [1.807, 2.05) is 30.3 Å². The molecule has 6 nitrogen and oxygen atoms in total. The standard InChI is InChI=1S/C19H22N2O4/c22-18-15(9-12-5-7-24-8-6-12)20-19(23)16(21-18)11-14-10-13-3-1-2-4-17(13)25-14/h1-4,10,12,15-16H,5-9,11H2,(H,20,23)(H,21,22). The largest absolute Gasteiger partial charge is 0.461 e. The summed E-state index contributed by atoms with van der Waals surface area (Å²) >= 11 is 0. The minimum Gasteiger partial charge on any atom is -0.461 e. The Morgan fingerprint density at radius 3 is 2.52 bits per heavy atom. The van der Waals surface area contributed by atoms with Gasteiger partial charge in [-0.25, -0.2) is 0 Å². The number of carbonyl (C=O) groups excluding carboxylic acids is 2. The van der Waals surface area contributed by atoms with E-state index in [1.165, 1.54) is 0 Å². The summed E-state index contributed by atoms with van der Waals surface area (Å²) < 4.78 is 11.1. The lowest BCUT2D eigenvalue weighted by Gasteiger charge is -2.32. The van der Waals surface area contributed by atoms with Crippen LogP contribution in [0.5, 0.6) is 0 Å². The minimum absolute atomic E-state index is 0.104. The predicted octanol–water partition coefficient (Wildman–Crippen LogP) is 1.78. The molecule has 1 aromatic heterocycles. The van der Waals surface area contributed by atoms with Crippen molar-refractivity contribution in [3.63, 3.8) is 0 Å². The number of piperazine rings is 1. The van der Waals surface area contributed by atoms with Crippen LogP contribution in [-0.2, 0) is 20.7 Å². The molecule has 6 heteroatoms. The second-order valence-corrected chi connectivity index (χ2v) is 6.87. The topological polar surface area (TPSA) is 80.6 Å². The van der Waals surface area contributed by atoms with E-state index in [1.54, 1.807) is 0 Å². The number of furan rings is 1. The van der Waals surface area contributed by atoms with Gasteiger partial charge in [0.25, 0.3) is 0 Å². The number of benzene rings is 1. The van der Waals surface area contributed by atoms with E-state index in [-0.39, 0.29) is 11.8 Å². The SMILES string of the molecule is O=C1NC(CC2CCOCC2)C(=O)NC1Cc1cc2ccccc2o1. The average Bonchev–Trinajstić information content (AvgIpc) is 3.02. The first-order valence-electron chi connectivity index (χ1n) is 8.85. The highest BCUT2D eigenvalue weighted by atomic mass is 16.5. The molecule has 0 spiro atoms. The van der Waals surface area contributed by atoms with Crippen molar-refractivity contribution in [3.05, 3.63) is 36.1 Å². The van der Waals surface area contributed by atoms with Crippen LogP contribution in [0.25, 0.3) is 11.0 Å². The van der Waals surface area contributed by atoms with E-state index in [9.17, 15) is 9.59 Å². The first-order valence-corrected chi connectivity index (χ1v) is 8.85. The molecule has 2 unspecified atom stereocenters. The molecule has 0 bridgehead atoms. The van der Waals surface area contributed by atoms with Gasteiger partial charge in [0.15, 0.2) is 0 Å². The van der Waals surface area contributed by atoms with Gasteiger partial charge in [-0.2, -0.15) is 0 Å². The fraction of sp³-hybridized carbons (Fsp3) is 0.474. The Morgan fingerprint density at radius 2 is 1.72 bits per heavy atom. The minimum atomic E-state index is -0.584. The van der Waals surface area contributed by atoms with E-state index in [4.69, 9.17) is 9.15 Å². The molecule has 2 N–H and O–H groups in total. The lowest BCUT2D eigenvalue weighted by molar-refractivity contribution is -0.137. The maximum absolute atomic E-state index is 12.4. The molecule has 1 aromatic carbocycles.